The molecule has 0 amide bonds. The minimum atomic E-state index is -1.19. The Bertz CT molecular complexity index is 168. The van der Waals surface area contributed by atoms with E-state index in [1.54, 1.807) is 0 Å². The van der Waals surface area contributed by atoms with Gasteiger partial charge in [-0.3, -0.25) is 9.00 Å². The van der Waals surface area contributed by atoms with Crippen molar-refractivity contribution >= 4 is 16.8 Å². The van der Waals surface area contributed by atoms with E-state index in [-0.39, 0.29) is 0 Å². The van der Waals surface area contributed by atoms with Crippen LogP contribution in [0.2, 0.25) is 0 Å². The molecule has 0 saturated heterocycles. The van der Waals surface area contributed by atoms with Gasteiger partial charge in [0.1, 0.15) is 5.25 Å². The first-order valence-electron chi connectivity index (χ1n) is 4.23. The third-order valence-electron chi connectivity index (χ3n) is 1.55. The van der Waals surface area contributed by atoms with Gasteiger partial charge in [-0.15, -0.1) is 0 Å². The smallest absolute Gasteiger partial charge is 0.319 e. The molecule has 0 rings (SSSR count). The molecule has 12 heavy (non-hydrogen) atoms. The third-order valence-corrected chi connectivity index (χ3v) is 3.43. The Labute approximate surface area is 75.6 Å². The molecule has 2 atom stereocenters. The lowest BCUT2D eigenvalue weighted by Crippen LogP contribution is -2.26. The van der Waals surface area contributed by atoms with Crippen molar-refractivity contribution in [2.24, 2.45) is 0 Å². The molecule has 0 saturated carbocycles. The molecule has 0 aliphatic carbocycles. The van der Waals surface area contributed by atoms with Crippen LogP contribution in [0.3, 0.4) is 0 Å². The average molecular weight is 192 g/mol. The molecule has 0 radical (unpaired) electrons. The van der Waals surface area contributed by atoms with Crippen LogP contribution in [0.5, 0.6) is 0 Å². The van der Waals surface area contributed by atoms with Crippen LogP contribution in [-0.2, 0) is 15.6 Å². The molecule has 0 aliphatic heterocycles. The number of hydrogen-bond acceptors (Lipinski definition) is 2. The van der Waals surface area contributed by atoms with E-state index >= 15 is 0 Å². The van der Waals surface area contributed by atoms with Crippen molar-refractivity contribution < 1.29 is 14.1 Å². The average Bonchev–Trinajstić information content (AvgIpc) is 1.99. The highest BCUT2D eigenvalue weighted by Crippen LogP contribution is 2.06. The zero-order valence-electron chi connectivity index (χ0n) is 7.58. The summed E-state index contributed by atoms with van der Waals surface area (Å²) in [6.07, 6.45) is 2.06. The summed E-state index contributed by atoms with van der Waals surface area (Å²) >= 11 is 0. The molecule has 0 bridgehead atoms. The Morgan fingerprint density at radius 1 is 1.42 bits per heavy atom. The van der Waals surface area contributed by atoms with E-state index in [2.05, 4.69) is 0 Å². The lowest BCUT2D eigenvalue weighted by molar-refractivity contribution is -0.136. The van der Waals surface area contributed by atoms with Gasteiger partial charge in [0.05, 0.1) is 0 Å². The predicted octanol–water partition coefficient (Wildman–Crippen LogP) is 1.40. The van der Waals surface area contributed by atoms with Gasteiger partial charge in [0.2, 0.25) is 0 Å². The molecule has 0 spiro atoms. The Balaban J connectivity index is 4.09. The molecule has 0 aromatic carbocycles. The molecule has 4 heteroatoms. The van der Waals surface area contributed by atoms with Crippen LogP contribution in [0.25, 0.3) is 0 Å². The van der Waals surface area contributed by atoms with Crippen LogP contribution >= 0.6 is 0 Å². The van der Waals surface area contributed by atoms with E-state index in [0.717, 1.165) is 12.8 Å². The zero-order chi connectivity index (χ0) is 9.56. The van der Waals surface area contributed by atoms with Crippen LogP contribution in [0.1, 0.15) is 33.1 Å². The third kappa shape index (κ3) is 3.85. The summed E-state index contributed by atoms with van der Waals surface area (Å²) in [6.45, 7) is 3.81. The van der Waals surface area contributed by atoms with Crippen LogP contribution in [0.15, 0.2) is 0 Å². The van der Waals surface area contributed by atoms with Gasteiger partial charge in [-0.25, -0.2) is 0 Å². The second kappa shape index (κ2) is 6.17. The first-order valence-corrected chi connectivity index (χ1v) is 5.61. The predicted molar refractivity (Wildman–Crippen MR) is 49.6 cm³/mol. The minimum Gasteiger partial charge on any atom is -0.480 e. The standard InChI is InChI=1S/C8H16O3S/c1-3-5-7(8(9)10)12(11)6-4-2/h7H,3-6H2,1-2H3,(H,9,10). The van der Waals surface area contributed by atoms with Crippen molar-refractivity contribution in [2.75, 3.05) is 5.75 Å². The fourth-order valence-electron chi connectivity index (χ4n) is 0.973. The molecule has 1 N–H and O–H groups in total. The van der Waals surface area contributed by atoms with Crippen LogP contribution in [0, 0.1) is 0 Å². The molecule has 3 nitrogen and oxygen atoms in total. The summed E-state index contributed by atoms with van der Waals surface area (Å²) in [6, 6.07) is 0. The highest BCUT2D eigenvalue weighted by Gasteiger charge is 2.22. The summed E-state index contributed by atoms with van der Waals surface area (Å²) in [5.41, 5.74) is 0. The zero-order valence-corrected chi connectivity index (χ0v) is 8.39. The second-order valence-corrected chi connectivity index (χ2v) is 4.44. The SMILES string of the molecule is CCCC(C(=O)O)S(=O)CCC. The van der Waals surface area contributed by atoms with Gasteiger partial charge in [-0.2, -0.15) is 0 Å². The van der Waals surface area contributed by atoms with E-state index in [1.165, 1.54) is 0 Å². The molecule has 2 unspecified atom stereocenters. The van der Waals surface area contributed by atoms with Crippen molar-refractivity contribution in [3.8, 4) is 0 Å². The fourth-order valence-corrected chi connectivity index (χ4v) is 2.38. The Morgan fingerprint density at radius 3 is 2.33 bits per heavy atom. The number of hydrogen-bond donors (Lipinski definition) is 1. The summed E-state index contributed by atoms with van der Waals surface area (Å²) in [5.74, 6) is -0.430. The van der Waals surface area contributed by atoms with Gasteiger partial charge in [0.15, 0.2) is 0 Å². The normalized spacial score (nSPS) is 15.5. The van der Waals surface area contributed by atoms with Crippen molar-refractivity contribution in [3.05, 3.63) is 0 Å². The highest BCUT2D eigenvalue weighted by atomic mass is 32.2. The van der Waals surface area contributed by atoms with Crippen LogP contribution in [0.4, 0.5) is 0 Å². The van der Waals surface area contributed by atoms with Gasteiger partial charge in [-0.1, -0.05) is 20.3 Å². The summed E-state index contributed by atoms with van der Waals surface area (Å²) in [4.78, 5) is 10.6. The van der Waals surface area contributed by atoms with Gasteiger partial charge in [0.25, 0.3) is 0 Å². The van der Waals surface area contributed by atoms with Crippen LogP contribution < -0.4 is 0 Å². The topological polar surface area (TPSA) is 54.4 Å². The lowest BCUT2D eigenvalue weighted by Gasteiger charge is -2.09. The Morgan fingerprint density at radius 2 is 2.00 bits per heavy atom. The lowest BCUT2D eigenvalue weighted by atomic mass is 10.2. The molecule has 72 valence electrons. The second-order valence-electron chi connectivity index (χ2n) is 2.70. The van der Waals surface area contributed by atoms with Gasteiger partial charge < -0.3 is 5.11 Å². The Kier molecular flexibility index (Phi) is 5.98. The molecule has 0 aliphatic rings. The van der Waals surface area contributed by atoms with Crippen LogP contribution in [-0.4, -0.2) is 26.3 Å². The van der Waals surface area contributed by atoms with E-state index in [9.17, 15) is 9.00 Å². The van der Waals surface area contributed by atoms with E-state index < -0.39 is 22.0 Å². The number of carbonyl (C=O) groups is 1. The number of carboxylic acid groups (broad SMARTS) is 1. The molecule has 0 aromatic heterocycles. The van der Waals surface area contributed by atoms with Gasteiger partial charge in [-0.05, 0) is 12.8 Å². The summed E-state index contributed by atoms with van der Waals surface area (Å²) in [5, 5.41) is 8.05. The monoisotopic (exact) mass is 192 g/mol. The number of rotatable bonds is 6. The molecule has 0 heterocycles. The first-order chi connectivity index (χ1) is 5.63. The molecule has 0 aromatic rings. The molecule has 0 fully saturated rings. The van der Waals surface area contributed by atoms with Gasteiger partial charge >= 0.3 is 5.97 Å². The van der Waals surface area contributed by atoms with E-state index in [4.69, 9.17) is 5.11 Å². The first kappa shape index (κ1) is 11.6. The summed E-state index contributed by atoms with van der Waals surface area (Å²) < 4.78 is 11.3. The highest BCUT2D eigenvalue weighted by molar-refractivity contribution is 7.86. The largest absolute Gasteiger partial charge is 0.480 e. The maximum Gasteiger partial charge on any atom is 0.319 e. The van der Waals surface area contributed by atoms with Crippen molar-refractivity contribution in [2.45, 2.75) is 38.4 Å². The van der Waals surface area contributed by atoms with Crippen molar-refractivity contribution in [1.29, 1.82) is 0 Å². The summed E-state index contributed by atoms with van der Waals surface area (Å²) in [7, 11) is -1.19. The molecular weight excluding hydrogens is 176 g/mol. The van der Waals surface area contributed by atoms with E-state index in [1.807, 2.05) is 13.8 Å². The number of aliphatic carboxylic acids is 1. The minimum absolute atomic E-state index is 0.497. The molecular formula is C8H16O3S. The van der Waals surface area contributed by atoms with Crippen molar-refractivity contribution in [3.63, 3.8) is 0 Å². The maximum absolute atomic E-state index is 11.3. The van der Waals surface area contributed by atoms with E-state index in [0.29, 0.717) is 12.2 Å². The van der Waals surface area contributed by atoms with Crippen molar-refractivity contribution in [1.82, 2.24) is 0 Å². The Hall–Kier alpha value is -0.380. The van der Waals surface area contributed by atoms with Gasteiger partial charge in [0, 0.05) is 16.6 Å². The fraction of sp³-hybridized carbons (Fsp3) is 0.875. The quantitative estimate of drug-likeness (QED) is 0.692. The maximum atomic E-state index is 11.3. The number of carboxylic acids is 1.